The number of phosphoric ester groups is 1. The molecule has 0 saturated carbocycles. The van der Waals surface area contributed by atoms with Crippen LogP contribution < -0.4 is 0 Å². The van der Waals surface area contributed by atoms with E-state index in [1.165, 1.54) is 148 Å². The highest BCUT2D eigenvalue weighted by Gasteiger charge is 2.27. The van der Waals surface area contributed by atoms with Crippen molar-refractivity contribution in [1.29, 1.82) is 0 Å². The van der Waals surface area contributed by atoms with Crippen LogP contribution in [-0.4, -0.2) is 74.9 Å². The predicted octanol–water partition coefficient (Wildman–Crippen LogP) is 14.5. The molecule has 0 bridgehead atoms. The number of carbonyl (C=O) groups excluding carboxylic acids is 2. The van der Waals surface area contributed by atoms with Gasteiger partial charge in [-0.05, 0) is 44.9 Å². The largest absolute Gasteiger partial charge is 0.472 e. The van der Waals surface area contributed by atoms with Crippen LogP contribution in [0.4, 0.5) is 0 Å². The molecule has 1 N–H and O–H groups in total. The lowest BCUT2D eigenvalue weighted by molar-refractivity contribution is -0.870. The Morgan fingerprint density at radius 3 is 1.38 bits per heavy atom. The fraction of sp³-hybridized carbons (Fsp3) is 0.840. The van der Waals surface area contributed by atoms with Crippen molar-refractivity contribution in [2.75, 3.05) is 47.5 Å². The second kappa shape index (κ2) is 42.5. The first kappa shape index (κ1) is 58.2. The molecule has 0 rings (SSSR count). The van der Waals surface area contributed by atoms with Gasteiger partial charge in [0.1, 0.15) is 19.8 Å². The summed E-state index contributed by atoms with van der Waals surface area (Å²) in [7, 11) is 1.46. The van der Waals surface area contributed by atoms with Gasteiger partial charge in [-0.3, -0.25) is 18.6 Å². The lowest BCUT2D eigenvalue weighted by atomic mass is 10.0. The minimum Gasteiger partial charge on any atom is -0.462 e. The Hall–Kier alpha value is -1.77. The molecule has 0 aromatic rings. The van der Waals surface area contributed by atoms with E-state index in [1.54, 1.807) is 0 Å². The smallest absolute Gasteiger partial charge is 0.462 e. The Kier molecular flexibility index (Phi) is 41.3. The number of quaternary nitrogens is 1. The van der Waals surface area contributed by atoms with Gasteiger partial charge in [0.2, 0.25) is 0 Å². The lowest BCUT2D eigenvalue weighted by Crippen LogP contribution is -2.37. The molecule has 10 heteroatoms. The molecule has 0 aliphatic heterocycles. The quantitative estimate of drug-likeness (QED) is 0.0212. The maximum Gasteiger partial charge on any atom is 0.472 e. The maximum absolute atomic E-state index is 12.7. The Balaban J connectivity index is 4.33. The number of hydrogen-bond acceptors (Lipinski definition) is 7. The summed E-state index contributed by atoms with van der Waals surface area (Å²) in [6.45, 7) is 4.39. The molecule has 0 aliphatic carbocycles. The summed E-state index contributed by atoms with van der Waals surface area (Å²) in [4.78, 5) is 35.5. The zero-order valence-electron chi connectivity index (χ0n) is 39.7. The predicted molar refractivity (Wildman–Crippen MR) is 252 cm³/mol. The number of rotatable bonds is 45. The summed E-state index contributed by atoms with van der Waals surface area (Å²) < 4.78 is 34.4. The molecule has 0 aliphatic rings. The van der Waals surface area contributed by atoms with E-state index in [0.717, 1.165) is 32.1 Å². The van der Waals surface area contributed by atoms with Crippen molar-refractivity contribution in [2.24, 2.45) is 0 Å². The molecule has 2 atom stereocenters. The minimum atomic E-state index is -4.39. The van der Waals surface area contributed by atoms with Crippen LogP contribution in [0.1, 0.15) is 219 Å². The van der Waals surface area contributed by atoms with Crippen LogP contribution in [0.25, 0.3) is 0 Å². The van der Waals surface area contributed by atoms with Gasteiger partial charge in [-0.15, -0.1) is 0 Å². The topological polar surface area (TPSA) is 108 Å². The van der Waals surface area contributed by atoms with E-state index in [-0.39, 0.29) is 26.1 Å². The number of likely N-dealkylation sites (N-methyl/N-ethyl adjacent to an activating group) is 1. The van der Waals surface area contributed by atoms with Gasteiger partial charge in [0.15, 0.2) is 6.10 Å². The molecule has 0 saturated heterocycles. The fourth-order valence-electron chi connectivity index (χ4n) is 6.80. The number of unbranched alkanes of at least 4 members (excludes halogenated alkanes) is 25. The first-order chi connectivity index (χ1) is 29.0. The van der Waals surface area contributed by atoms with Crippen LogP contribution in [0, 0.1) is 0 Å². The summed E-state index contributed by atoms with van der Waals surface area (Å²) in [5.41, 5.74) is 0. The van der Waals surface area contributed by atoms with Crippen molar-refractivity contribution >= 4 is 19.8 Å². The molecular formula is C50H95NO8P+. The van der Waals surface area contributed by atoms with E-state index >= 15 is 0 Å². The van der Waals surface area contributed by atoms with Crippen LogP contribution in [0.2, 0.25) is 0 Å². The summed E-state index contributed by atoms with van der Waals surface area (Å²) in [5.74, 6) is -0.851. The molecule has 0 spiro atoms. The van der Waals surface area contributed by atoms with Crippen molar-refractivity contribution in [3.63, 3.8) is 0 Å². The molecule has 0 heterocycles. The maximum atomic E-state index is 12.7. The Morgan fingerprint density at radius 1 is 0.517 bits per heavy atom. The third-order valence-electron chi connectivity index (χ3n) is 10.7. The Morgan fingerprint density at radius 2 is 0.917 bits per heavy atom. The van der Waals surface area contributed by atoms with Gasteiger partial charge in [-0.25, -0.2) is 4.57 Å². The van der Waals surface area contributed by atoms with E-state index < -0.39 is 32.5 Å². The summed E-state index contributed by atoms with van der Waals surface area (Å²) >= 11 is 0. The standard InChI is InChI=1S/C50H94NO8P/c1-6-8-10-12-14-16-18-20-22-24-25-27-29-31-33-35-37-39-41-43-50(53)59-48(47-58-60(54,55)57-45-44-51(3,4)5)46-56-49(52)42-40-38-36-34-32-30-28-26-23-21-19-17-15-13-11-9-7-2/h21,23,28,30,34,36,48H,6-20,22,24-27,29,31-33,35,37-47H2,1-5H3/p+1/b23-21-,30-28-,36-34-/t48-/m1/s1. The molecule has 0 radical (unpaired) electrons. The molecule has 0 aromatic heterocycles. The average Bonchev–Trinajstić information content (AvgIpc) is 3.20. The zero-order valence-corrected chi connectivity index (χ0v) is 40.6. The zero-order chi connectivity index (χ0) is 44.3. The Labute approximate surface area is 370 Å². The average molecular weight is 869 g/mol. The van der Waals surface area contributed by atoms with Gasteiger partial charge in [-0.2, -0.15) is 0 Å². The highest BCUT2D eigenvalue weighted by molar-refractivity contribution is 7.47. The normalized spacial score (nSPS) is 13.8. The number of esters is 2. The van der Waals surface area contributed by atoms with E-state index in [1.807, 2.05) is 21.1 Å². The number of ether oxygens (including phenoxy) is 2. The highest BCUT2D eigenvalue weighted by Crippen LogP contribution is 2.43. The molecule has 352 valence electrons. The number of allylic oxidation sites excluding steroid dienone is 6. The van der Waals surface area contributed by atoms with E-state index in [2.05, 4.69) is 50.3 Å². The molecule has 0 fully saturated rings. The number of carbonyl (C=O) groups is 2. The molecule has 60 heavy (non-hydrogen) atoms. The van der Waals surface area contributed by atoms with Crippen molar-refractivity contribution in [3.8, 4) is 0 Å². The van der Waals surface area contributed by atoms with Crippen LogP contribution in [0.15, 0.2) is 36.5 Å². The Bertz CT molecular complexity index is 1120. The summed E-state index contributed by atoms with van der Waals surface area (Å²) in [6, 6.07) is 0. The molecule has 9 nitrogen and oxygen atoms in total. The van der Waals surface area contributed by atoms with E-state index in [9.17, 15) is 19.0 Å². The monoisotopic (exact) mass is 869 g/mol. The SMILES string of the molecule is CCCCCCCC/C=C\C/C=C\C/C=C\CCCC(=O)OC[C@H](COP(=O)(O)OCC[N+](C)(C)C)OC(=O)CCCCCCCCCCCCCCCCCCCCC. The first-order valence-corrected chi connectivity index (χ1v) is 26.2. The third-order valence-corrected chi connectivity index (χ3v) is 11.7. The number of hydrogen-bond donors (Lipinski definition) is 1. The molecule has 0 amide bonds. The minimum absolute atomic E-state index is 0.0254. The van der Waals surface area contributed by atoms with Gasteiger partial charge in [-0.1, -0.05) is 198 Å². The highest BCUT2D eigenvalue weighted by atomic mass is 31.2. The van der Waals surface area contributed by atoms with Crippen molar-refractivity contribution in [2.45, 2.75) is 225 Å². The molecular weight excluding hydrogens is 774 g/mol. The van der Waals surface area contributed by atoms with Crippen LogP contribution in [0.5, 0.6) is 0 Å². The van der Waals surface area contributed by atoms with Gasteiger partial charge < -0.3 is 18.9 Å². The van der Waals surface area contributed by atoms with Gasteiger partial charge >= 0.3 is 19.8 Å². The van der Waals surface area contributed by atoms with E-state index in [0.29, 0.717) is 23.9 Å². The summed E-state index contributed by atoms with van der Waals surface area (Å²) in [5, 5.41) is 0. The summed E-state index contributed by atoms with van der Waals surface area (Å²) in [6.07, 6.45) is 49.2. The van der Waals surface area contributed by atoms with Gasteiger partial charge in [0, 0.05) is 12.8 Å². The van der Waals surface area contributed by atoms with Crippen LogP contribution in [-0.2, 0) is 32.7 Å². The lowest BCUT2D eigenvalue weighted by Gasteiger charge is -2.24. The second-order valence-electron chi connectivity index (χ2n) is 17.9. The van der Waals surface area contributed by atoms with Crippen molar-refractivity contribution in [1.82, 2.24) is 0 Å². The second-order valence-corrected chi connectivity index (χ2v) is 19.3. The van der Waals surface area contributed by atoms with Gasteiger partial charge in [0.25, 0.3) is 0 Å². The number of nitrogens with zero attached hydrogens (tertiary/aromatic N) is 1. The fourth-order valence-corrected chi connectivity index (χ4v) is 7.54. The van der Waals surface area contributed by atoms with Gasteiger partial charge in [0.05, 0.1) is 27.7 Å². The van der Waals surface area contributed by atoms with Crippen LogP contribution >= 0.6 is 7.82 Å². The van der Waals surface area contributed by atoms with Crippen LogP contribution in [0.3, 0.4) is 0 Å². The molecule has 0 aromatic carbocycles. The van der Waals surface area contributed by atoms with E-state index in [4.69, 9.17) is 18.5 Å². The van der Waals surface area contributed by atoms with Crippen molar-refractivity contribution in [3.05, 3.63) is 36.5 Å². The third kappa shape index (κ3) is 45.7. The molecule has 1 unspecified atom stereocenters. The first-order valence-electron chi connectivity index (χ1n) is 24.7. The number of phosphoric acid groups is 1. The van der Waals surface area contributed by atoms with Crippen molar-refractivity contribution < 1.29 is 42.1 Å².